The topological polar surface area (TPSA) is 191 Å². The molecule has 45 heavy (non-hydrogen) atoms. The Bertz CT molecular complexity index is 1340. The Balaban J connectivity index is 1.61. The fourth-order valence-electron chi connectivity index (χ4n) is 7.55. The normalized spacial score (nSPS) is 33.8. The van der Waals surface area contributed by atoms with Crippen LogP contribution in [0.1, 0.15) is 67.2 Å². The SMILES string of the molecule is CCOC(=O)CNC(=O)[C@H](CS[C@H]1[C@@H]2C(=O)/C(C)=C\C3=C[C@H](C)C[C@@]34O[C@]2(CC1(C)C)[C@@H](C)C4=O)NC(=O)CC[C@H](N)C(=O)O. The highest BCUT2D eigenvalue weighted by atomic mass is 32.2. The number of nitrogens with one attached hydrogen (secondary N) is 2. The summed E-state index contributed by atoms with van der Waals surface area (Å²) in [6.45, 7) is 11.1. The summed E-state index contributed by atoms with van der Waals surface area (Å²) in [4.78, 5) is 77.3. The van der Waals surface area contributed by atoms with E-state index in [1.807, 2.05) is 33.8 Å². The van der Waals surface area contributed by atoms with E-state index in [2.05, 4.69) is 10.6 Å². The summed E-state index contributed by atoms with van der Waals surface area (Å²) in [6, 6.07) is -2.36. The number of esters is 1. The zero-order valence-electron chi connectivity index (χ0n) is 26.8. The number of ether oxygens (including phenoxy) is 2. The van der Waals surface area contributed by atoms with Gasteiger partial charge in [-0.2, -0.15) is 11.8 Å². The first kappa shape index (κ1) is 34.8. The average Bonchev–Trinajstić information content (AvgIpc) is 3.47. The molecular formula is C32H45N3O9S. The van der Waals surface area contributed by atoms with Crippen LogP contribution in [0.25, 0.3) is 0 Å². The lowest BCUT2D eigenvalue weighted by Crippen LogP contribution is -2.51. The summed E-state index contributed by atoms with van der Waals surface area (Å²) >= 11 is 1.35. The Hall–Kier alpha value is -3.03. The van der Waals surface area contributed by atoms with Crippen LogP contribution < -0.4 is 16.4 Å². The van der Waals surface area contributed by atoms with Gasteiger partial charge < -0.3 is 30.9 Å². The number of carbonyl (C=O) groups is 6. The van der Waals surface area contributed by atoms with Gasteiger partial charge in [-0.1, -0.05) is 33.8 Å². The molecule has 1 saturated carbocycles. The molecule has 2 amide bonds. The summed E-state index contributed by atoms with van der Waals surface area (Å²) in [6.07, 6.45) is 4.44. The molecule has 4 aliphatic rings. The van der Waals surface area contributed by atoms with Gasteiger partial charge in [0, 0.05) is 23.3 Å². The molecule has 5 N–H and O–H groups in total. The van der Waals surface area contributed by atoms with E-state index >= 15 is 0 Å². The van der Waals surface area contributed by atoms with E-state index in [0.29, 0.717) is 18.4 Å². The molecule has 12 nitrogen and oxygen atoms in total. The van der Waals surface area contributed by atoms with Gasteiger partial charge in [-0.3, -0.25) is 28.8 Å². The van der Waals surface area contributed by atoms with Crippen molar-refractivity contribution in [3.63, 3.8) is 0 Å². The van der Waals surface area contributed by atoms with Gasteiger partial charge in [0.1, 0.15) is 18.6 Å². The zero-order chi connectivity index (χ0) is 33.5. The highest BCUT2D eigenvalue weighted by Gasteiger charge is 2.73. The maximum absolute atomic E-state index is 14.2. The molecule has 0 aromatic carbocycles. The predicted molar refractivity (Wildman–Crippen MR) is 166 cm³/mol. The average molecular weight is 648 g/mol. The van der Waals surface area contributed by atoms with E-state index in [4.69, 9.17) is 20.3 Å². The van der Waals surface area contributed by atoms with Gasteiger partial charge in [-0.05, 0) is 61.7 Å². The monoisotopic (exact) mass is 647 g/mol. The third-order valence-electron chi connectivity index (χ3n) is 9.61. The smallest absolute Gasteiger partial charge is 0.325 e. The molecule has 0 radical (unpaired) electrons. The highest BCUT2D eigenvalue weighted by molar-refractivity contribution is 8.00. The van der Waals surface area contributed by atoms with Gasteiger partial charge in [0.15, 0.2) is 17.2 Å². The number of hydrogen-bond donors (Lipinski definition) is 4. The second-order valence-electron chi connectivity index (χ2n) is 13.5. The van der Waals surface area contributed by atoms with Crippen molar-refractivity contribution in [1.29, 1.82) is 0 Å². The van der Waals surface area contributed by atoms with Crippen LogP contribution in [0.2, 0.25) is 0 Å². The summed E-state index contributed by atoms with van der Waals surface area (Å²) in [5, 5.41) is 13.8. The van der Waals surface area contributed by atoms with E-state index < -0.39 is 70.8 Å². The Morgan fingerprint density at radius 3 is 2.56 bits per heavy atom. The van der Waals surface area contributed by atoms with Crippen molar-refractivity contribution in [2.75, 3.05) is 18.9 Å². The minimum Gasteiger partial charge on any atom is -0.480 e. The van der Waals surface area contributed by atoms with Crippen molar-refractivity contribution in [2.45, 2.75) is 95.8 Å². The standard InChI is InChI=1S/C32H45N3O9S/c1-7-43-23(37)13-34-28(40)21(35-22(36)9-8-20(33)29(41)42)14-45-27-24-25(38)17(3)11-19-10-16(2)12-31(19)26(39)18(4)32(24,44-31)15-30(27,5)6/h10-11,16,18,20-21,24,27H,7-9,12-15,33H2,1-6H3,(H,34,40)(H,35,36)(H,41,42)/b17-11-/t16-,18-,20-,21-,24-,27-,31+,32+/m0/s1. The lowest BCUT2D eigenvalue weighted by atomic mass is 9.75. The Kier molecular flexibility index (Phi) is 10.1. The second-order valence-corrected chi connectivity index (χ2v) is 14.7. The lowest BCUT2D eigenvalue weighted by molar-refractivity contribution is -0.147. The van der Waals surface area contributed by atoms with Crippen LogP contribution in [0.4, 0.5) is 0 Å². The molecule has 2 heterocycles. The summed E-state index contributed by atoms with van der Waals surface area (Å²) in [5.41, 5.74) is 4.22. The maximum atomic E-state index is 14.2. The van der Waals surface area contributed by atoms with Crippen LogP contribution >= 0.6 is 11.8 Å². The number of thioether (sulfide) groups is 1. The number of carbonyl (C=O) groups excluding carboxylic acids is 5. The molecule has 248 valence electrons. The molecule has 0 aromatic rings. The molecule has 4 rings (SSSR count). The second kappa shape index (κ2) is 13.0. The predicted octanol–water partition coefficient (Wildman–Crippen LogP) is 1.70. The van der Waals surface area contributed by atoms with E-state index in [1.54, 1.807) is 19.9 Å². The number of amides is 2. The molecule has 2 fully saturated rings. The quantitative estimate of drug-likeness (QED) is 0.226. The number of hydrogen-bond acceptors (Lipinski definition) is 10. The van der Waals surface area contributed by atoms with Crippen LogP contribution in [0.5, 0.6) is 0 Å². The number of nitrogens with two attached hydrogens (primary N) is 1. The Morgan fingerprint density at radius 1 is 1.22 bits per heavy atom. The summed E-state index contributed by atoms with van der Waals surface area (Å²) in [5.74, 6) is -4.28. The van der Waals surface area contributed by atoms with Crippen LogP contribution in [0, 0.1) is 23.2 Å². The molecule has 2 bridgehead atoms. The third kappa shape index (κ3) is 6.48. The Labute approximate surface area is 267 Å². The summed E-state index contributed by atoms with van der Waals surface area (Å²) in [7, 11) is 0. The molecule has 0 aromatic heterocycles. The molecule has 2 spiro atoms. The first-order valence-corrected chi connectivity index (χ1v) is 16.6. The number of carboxylic acid groups (broad SMARTS) is 1. The Morgan fingerprint density at radius 2 is 1.91 bits per heavy atom. The van der Waals surface area contributed by atoms with Crippen LogP contribution in [-0.4, -0.2) is 87.9 Å². The van der Waals surface area contributed by atoms with Crippen molar-refractivity contribution in [3.8, 4) is 0 Å². The van der Waals surface area contributed by atoms with Gasteiger partial charge in [0.2, 0.25) is 11.8 Å². The number of rotatable bonds is 12. The van der Waals surface area contributed by atoms with Crippen molar-refractivity contribution in [1.82, 2.24) is 10.6 Å². The van der Waals surface area contributed by atoms with Gasteiger partial charge in [0.25, 0.3) is 0 Å². The molecule has 1 saturated heterocycles. The van der Waals surface area contributed by atoms with E-state index in [9.17, 15) is 28.8 Å². The molecule has 8 atom stereocenters. The minimum atomic E-state index is -1.24. The molecule has 13 heteroatoms. The van der Waals surface area contributed by atoms with Gasteiger partial charge in [-0.25, -0.2) is 0 Å². The number of aliphatic carboxylic acids is 1. The molecule has 0 unspecified atom stereocenters. The first-order valence-electron chi connectivity index (χ1n) is 15.5. The fourth-order valence-corrected chi connectivity index (χ4v) is 9.27. The minimum absolute atomic E-state index is 0.00801. The number of allylic oxidation sites excluding steroid dienone is 2. The lowest BCUT2D eigenvalue weighted by Gasteiger charge is -2.38. The highest BCUT2D eigenvalue weighted by Crippen LogP contribution is 2.65. The molecule has 2 aliphatic heterocycles. The van der Waals surface area contributed by atoms with Crippen molar-refractivity contribution in [3.05, 3.63) is 23.3 Å². The maximum Gasteiger partial charge on any atom is 0.325 e. The summed E-state index contributed by atoms with van der Waals surface area (Å²) < 4.78 is 11.8. The van der Waals surface area contributed by atoms with Gasteiger partial charge in [-0.15, -0.1) is 0 Å². The van der Waals surface area contributed by atoms with Crippen molar-refractivity contribution < 1.29 is 43.3 Å². The zero-order valence-corrected chi connectivity index (χ0v) is 27.6. The van der Waals surface area contributed by atoms with Crippen LogP contribution in [0.3, 0.4) is 0 Å². The first-order chi connectivity index (χ1) is 21.0. The van der Waals surface area contributed by atoms with E-state index in [0.717, 1.165) is 5.57 Å². The number of ketones is 2. The molecular weight excluding hydrogens is 602 g/mol. The fraction of sp³-hybridized carbons (Fsp3) is 0.688. The van der Waals surface area contributed by atoms with E-state index in [-0.39, 0.29) is 47.9 Å². The number of Topliss-reactive ketones (excluding diaryl/α,β-unsaturated/α-hetero) is 2. The largest absolute Gasteiger partial charge is 0.480 e. The number of carboxylic acids is 1. The molecule has 2 aliphatic carbocycles. The van der Waals surface area contributed by atoms with Crippen LogP contribution in [0.15, 0.2) is 23.3 Å². The van der Waals surface area contributed by atoms with Crippen molar-refractivity contribution >= 4 is 47.1 Å². The van der Waals surface area contributed by atoms with Crippen LogP contribution in [-0.2, 0) is 38.2 Å². The van der Waals surface area contributed by atoms with Gasteiger partial charge in [0.05, 0.1) is 18.1 Å². The van der Waals surface area contributed by atoms with E-state index in [1.165, 1.54) is 11.8 Å². The third-order valence-corrected chi connectivity index (χ3v) is 11.4. The van der Waals surface area contributed by atoms with Gasteiger partial charge >= 0.3 is 11.9 Å². The van der Waals surface area contributed by atoms with Crippen molar-refractivity contribution in [2.24, 2.45) is 28.9 Å².